The fourth-order valence-electron chi connectivity index (χ4n) is 3.09. The predicted octanol–water partition coefficient (Wildman–Crippen LogP) is 4.78. The van der Waals surface area contributed by atoms with E-state index in [0.717, 1.165) is 17.7 Å². The number of hydrogen-bond donors (Lipinski definition) is 1. The van der Waals surface area contributed by atoms with Gasteiger partial charge >= 0.3 is 0 Å². The van der Waals surface area contributed by atoms with Crippen molar-refractivity contribution in [3.63, 3.8) is 0 Å². The van der Waals surface area contributed by atoms with Crippen LogP contribution in [0.1, 0.15) is 39.2 Å². The van der Waals surface area contributed by atoms with Gasteiger partial charge in [-0.1, -0.05) is 44.5 Å². The van der Waals surface area contributed by atoms with Gasteiger partial charge in [0.05, 0.1) is 10.7 Å². The maximum Gasteiger partial charge on any atom is 0.262 e. The third-order valence-corrected chi connectivity index (χ3v) is 5.01. The van der Waals surface area contributed by atoms with Gasteiger partial charge in [0.2, 0.25) is 5.91 Å². The first-order valence-electron chi connectivity index (χ1n) is 9.37. The second-order valence-electron chi connectivity index (χ2n) is 7.93. The molecule has 1 aliphatic rings. The monoisotopic (exact) mass is 400 g/mol. The van der Waals surface area contributed by atoms with Crippen LogP contribution >= 0.6 is 11.6 Å². The first-order valence-corrected chi connectivity index (χ1v) is 9.75. The second kappa shape index (κ2) is 8.23. The molecule has 0 radical (unpaired) electrons. The Morgan fingerprint density at radius 1 is 1.21 bits per heavy atom. The SMILES string of the molecule is CC(C)(C)c1cccc(OCC(=O)Nc2cc(N3CCCC3=O)ccc2Cl)c1. The van der Waals surface area contributed by atoms with Crippen molar-refractivity contribution in [1.82, 2.24) is 0 Å². The molecular formula is C22H25ClN2O3. The second-order valence-corrected chi connectivity index (χ2v) is 8.33. The molecule has 1 N–H and O–H groups in total. The number of carbonyl (C=O) groups is 2. The molecule has 2 aromatic carbocycles. The Hall–Kier alpha value is -2.53. The highest BCUT2D eigenvalue weighted by molar-refractivity contribution is 6.33. The van der Waals surface area contributed by atoms with Gasteiger partial charge in [-0.25, -0.2) is 0 Å². The number of amides is 2. The Balaban J connectivity index is 1.64. The van der Waals surface area contributed by atoms with Crippen molar-refractivity contribution < 1.29 is 14.3 Å². The molecule has 0 bridgehead atoms. The Morgan fingerprint density at radius 3 is 2.68 bits per heavy atom. The van der Waals surface area contributed by atoms with Crippen LogP contribution in [-0.4, -0.2) is 25.0 Å². The van der Waals surface area contributed by atoms with E-state index in [2.05, 4.69) is 26.1 Å². The molecule has 1 heterocycles. The summed E-state index contributed by atoms with van der Waals surface area (Å²) in [5, 5.41) is 3.19. The van der Waals surface area contributed by atoms with Crippen LogP contribution in [0.25, 0.3) is 0 Å². The lowest BCUT2D eigenvalue weighted by Crippen LogP contribution is -2.24. The van der Waals surface area contributed by atoms with Crippen LogP contribution in [0, 0.1) is 0 Å². The summed E-state index contributed by atoms with van der Waals surface area (Å²) in [6.07, 6.45) is 1.39. The number of nitrogens with zero attached hydrogens (tertiary/aromatic N) is 1. The molecule has 3 rings (SSSR count). The molecule has 0 aliphatic carbocycles. The largest absolute Gasteiger partial charge is 0.484 e. The molecule has 1 saturated heterocycles. The number of nitrogens with one attached hydrogen (secondary N) is 1. The van der Waals surface area contributed by atoms with E-state index in [1.807, 2.05) is 24.3 Å². The molecule has 0 aromatic heterocycles. The molecular weight excluding hydrogens is 376 g/mol. The Morgan fingerprint density at radius 2 is 2.00 bits per heavy atom. The first-order chi connectivity index (χ1) is 13.2. The van der Waals surface area contributed by atoms with Crippen LogP contribution in [0.2, 0.25) is 5.02 Å². The van der Waals surface area contributed by atoms with Crippen LogP contribution < -0.4 is 15.0 Å². The van der Waals surface area contributed by atoms with Crippen LogP contribution in [0.4, 0.5) is 11.4 Å². The van der Waals surface area contributed by atoms with E-state index in [4.69, 9.17) is 16.3 Å². The Kier molecular flexibility index (Phi) is 5.94. The van der Waals surface area contributed by atoms with Crippen molar-refractivity contribution in [2.45, 2.75) is 39.0 Å². The summed E-state index contributed by atoms with van der Waals surface area (Å²) in [5.41, 5.74) is 2.34. The van der Waals surface area contributed by atoms with Gasteiger partial charge in [-0.2, -0.15) is 0 Å². The van der Waals surface area contributed by atoms with Gasteiger partial charge in [0, 0.05) is 18.7 Å². The summed E-state index contributed by atoms with van der Waals surface area (Å²) in [6, 6.07) is 12.9. The zero-order valence-electron chi connectivity index (χ0n) is 16.4. The summed E-state index contributed by atoms with van der Waals surface area (Å²) in [4.78, 5) is 26.0. The molecule has 6 heteroatoms. The van der Waals surface area contributed by atoms with Crippen molar-refractivity contribution in [1.29, 1.82) is 0 Å². The number of anilines is 2. The van der Waals surface area contributed by atoms with Crippen molar-refractivity contribution in [3.8, 4) is 5.75 Å². The number of carbonyl (C=O) groups excluding carboxylic acids is 2. The molecule has 28 heavy (non-hydrogen) atoms. The quantitative estimate of drug-likeness (QED) is 0.785. The van der Waals surface area contributed by atoms with E-state index in [0.29, 0.717) is 29.4 Å². The number of halogens is 1. The smallest absolute Gasteiger partial charge is 0.262 e. The molecule has 1 fully saturated rings. The molecule has 2 amide bonds. The summed E-state index contributed by atoms with van der Waals surface area (Å²) in [6.45, 7) is 6.93. The van der Waals surface area contributed by atoms with Crippen molar-refractivity contribution in [2.24, 2.45) is 0 Å². The first kappa shape index (κ1) is 20.2. The van der Waals surface area contributed by atoms with Gasteiger partial charge in [0.1, 0.15) is 5.75 Å². The van der Waals surface area contributed by atoms with E-state index in [1.165, 1.54) is 0 Å². The van der Waals surface area contributed by atoms with E-state index in [9.17, 15) is 9.59 Å². The van der Waals surface area contributed by atoms with Gasteiger partial charge in [-0.05, 0) is 47.7 Å². The molecule has 5 nitrogen and oxygen atoms in total. The number of ether oxygens (including phenoxy) is 1. The van der Waals surface area contributed by atoms with E-state index >= 15 is 0 Å². The van der Waals surface area contributed by atoms with Crippen molar-refractivity contribution >= 4 is 34.8 Å². The topological polar surface area (TPSA) is 58.6 Å². The lowest BCUT2D eigenvalue weighted by molar-refractivity contribution is -0.118. The fraction of sp³-hybridized carbons (Fsp3) is 0.364. The van der Waals surface area contributed by atoms with Crippen LogP contribution in [0.5, 0.6) is 5.75 Å². The minimum Gasteiger partial charge on any atom is -0.484 e. The summed E-state index contributed by atoms with van der Waals surface area (Å²) in [7, 11) is 0. The highest BCUT2D eigenvalue weighted by Crippen LogP contribution is 2.30. The summed E-state index contributed by atoms with van der Waals surface area (Å²) in [5.74, 6) is 0.416. The molecule has 0 saturated carbocycles. The van der Waals surface area contributed by atoms with Crippen LogP contribution in [-0.2, 0) is 15.0 Å². The molecule has 0 atom stereocenters. The minimum absolute atomic E-state index is 0.00258. The van der Waals surface area contributed by atoms with Gasteiger partial charge < -0.3 is 15.0 Å². The lowest BCUT2D eigenvalue weighted by Gasteiger charge is -2.20. The van der Waals surface area contributed by atoms with E-state index in [1.54, 1.807) is 23.1 Å². The van der Waals surface area contributed by atoms with E-state index < -0.39 is 0 Å². The fourth-order valence-corrected chi connectivity index (χ4v) is 3.25. The summed E-state index contributed by atoms with van der Waals surface area (Å²) >= 11 is 6.21. The Labute approximate surface area is 170 Å². The van der Waals surface area contributed by atoms with Crippen molar-refractivity contribution in [2.75, 3.05) is 23.4 Å². The highest BCUT2D eigenvalue weighted by atomic mass is 35.5. The van der Waals surface area contributed by atoms with Crippen molar-refractivity contribution in [3.05, 3.63) is 53.1 Å². The third kappa shape index (κ3) is 4.84. The number of benzene rings is 2. The van der Waals surface area contributed by atoms with Crippen LogP contribution in [0.3, 0.4) is 0 Å². The summed E-state index contributed by atoms with van der Waals surface area (Å²) < 4.78 is 5.64. The zero-order valence-corrected chi connectivity index (χ0v) is 17.2. The zero-order chi connectivity index (χ0) is 20.3. The standard InChI is InChI=1S/C22H25ClN2O3/c1-22(2,3)15-6-4-7-17(12-15)28-14-20(26)24-19-13-16(9-10-18(19)23)25-11-5-8-21(25)27/h4,6-7,9-10,12-13H,5,8,11,14H2,1-3H3,(H,24,26). The minimum atomic E-state index is -0.312. The molecule has 148 valence electrons. The molecule has 0 unspecified atom stereocenters. The maximum absolute atomic E-state index is 12.3. The number of hydrogen-bond acceptors (Lipinski definition) is 3. The van der Waals surface area contributed by atoms with Gasteiger partial charge in [0.15, 0.2) is 6.61 Å². The predicted molar refractivity (Wildman–Crippen MR) is 112 cm³/mol. The van der Waals surface area contributed by atoms with Gasteiger partial charge in [-0.15, -0.1) is 0 Å². The third-order valence-electron chi connectivity index (χ3n) is 4.68. The molecule has 1 aliphatic heterocycles. The molecule has 2 aromatic rings. The van der Waals surface area contributed by atoms with Crippen LogP contribution in [0.15, 0.2) is 42.5 Å². The average Bonchev–Trinajstić information content (AvgIpc) is 3.07. The van der Waals surface area contributed by atoms with Gasteiger partial charge in [-0.3, -0.25) is 9.59 Å². The maximum atomic E-state index is 12.3. The lowest BCUT2D eigenvalue weighted by atomic mass is 9.87. The highest BCUT2D eigenvalue weighted by Gasteiger charge is 2.22. The number of rotatable bonds is 5. The average molecular weight is 401 g/mol. The van der Waals surface area contributed by atoms with Gasteiger partial charge in [0.25, 0.3) is 5.91 Å². The van der Waals surface area contributed by atoms with E-state index in [-0.39, 0.29) is 23.8 Å². The normalized spacial score (nSPS) is 14.3. The Bertz CT molecular complexity index is 890. The molecule has 0 spiro atoms.